The van der Waals surface area contributed by atoms with Gasteiger partial charge in [0.25, 0.3) is 0 Å². The predicted molar refractivity (Wildman–Crippen MR) is 211 cm³/mol. The zero-order valence-electron chi connectivity index (χ0n) is 31.3. The first-order valence-electron chi connectivity index (χ1n) is 16.9. The first-order chi connectivity index (χ1) is 24.9. The Kier molecular flexibility index (Phi) is 12.2. The van der Waals surface area contributed by atoms with Gasteiger partial charge < -0.3 is 19.7 Å². The normalized spacial score (nSPS) is 11.2. The number of thioether (sulfide) groups is 2. The van der Waals surface area contributed by atoms with E-state index in [4.69, 9.17) is 9.47 Å². The molecule has 0 unspecified atom stereocenters. The first-order valence-corrected chi connectivity index (χ1v) is 19.3. The molecule has 0 aliphatic rings. The lowest BCUT2D eigenvalue weighted by molar-refractivity contribution is 0.414. The minimum Gasteiger partial charge on any atom is -0.508 e. The van der Waals surface area contributed by atoms with Gasteiger partial charge in [0, 0.05) is 17.3 Å². The van der Waals surface area contributed by atoms with Gasteiger partial charge in [-0.2, -0.15) is 0 Å². The fourth-order valence-electron chi connectivity index (χ4n) is 6.05. The Balaban J connectivity index is 0.000000201. The Hall–Kier alpha value is -4.94. The molecule has 2 aromatic heterocycles. The quantitative estimate of drug-likeness (QED) is 0.132. The summed E-state index contributed by atoms with van der Waals surface area (Å²) in [4.78, 5) is 0. The van der Waals surface area contributed by atoms with Crippen molar-refractivity contribution in [2.75, 3.05) is 26.7 Å². The van der Waals surface area contributed by atoms with Crippen molar-refractivity contribution < 1.29 is 19.7 Å². The molecule has 10 nitrogen and oxygen atoms in total. The summed E-state index contributed by atoms with van der Waals surface area (Å²) in [5.41, 5.74) is 8.16. The smallest absolute Gasteiger partial charge is 0.195 e. The van der Waals surface area contributed by atoms with Crippen LogP contribution in [-0.4, -0.2) is 66.5 Å². The van der Waals surface area contributed by atoms with E-state index in [1.807, 2.05) is 79.5 Å². The van der Waals surface area contributed by atoms with E-state index < -0.39 is 0 Å². The summed E-state index contributed by atoms with van der Waals surface area (Å²) >= 11 is 3.06. The van der Waals surface area contributed by atoms with Crippen molar-refractivity contribution in [3.05, 3.63) is 95.1 Å². The summed E-state index contributed by atoms with van der Waals surface area (Å²) in [5.74, 6) is 3.58. The molecule has 12 heteroatoms. The molecule has 0 fully saturated rings. The largest absolute Gasteiger partial charge is 0.508 e. The van der Waals surface area contributed by atoms with Gasteiger partial charge in [0.05, 0.1) is 25.5 Å². The van der Waals surface area contributed by atoms with Crippen molar-refractivity contribution in [1.82, 2.24) is 29.5 Å². The van der Waals surface area contributed by atoms with Gasteiger partial charge in [-0.05, 0) is 121 Å². The topological polar surface area (TPSA) is 120 Å². The first kappa shape index (κ1) is 38.3. The molecule has 0 aliphatic carbocycles. The number of methoxy groups -OCH3 is 2. The number of phenolic OH excluding ortho intramolecular Hbond substituents is 2. The van der Waals surface area contributed by atoms with Crippen molar-refractivity contribution in [3.63, 3.8) is 0 Å². The molecular weight excluding hydrogens is 693 g/mol. The number of hydrogen-bond donors (Lipinski definition) is 2. The van der Waals surface area contributed by atoms with Crippen LogP contribution in [0.4, 0.5) is 0 Å². The third-order valence-corrected chi connectivity index (χ3v) is 10.0. The maximum Gasteiger partial charge on any atom is 0.195 e. The molecule has 0 radical (unpaired) electrons. The van der Waals surface area contributed by atoms with Crippen molar-refractivity contribution in [2.45, 2.75) is 63.7 Å². The number of aromatic nitrogens is 6. The number of aromatic hydroxyl groups is 2. The summed E-state index contributed by atoms with van der Waals surface area (Å²) < 4.78 is 14.5. The van der Waals surface area contributed by atoms with E-state index in [0.717, 1.165) is 45.0 Å². The number of phenols is 2. The summed E-state index contributed by atoms with van der Waals surface area (Å²) in [6.07, 6.45) is 3.94. The molecular formula is C40H46N6O4S2. The molecule has 6 aromatic rings. The summed E-state index contributed by atoms with van der Waals surface area (Å²) in [6.45, 7) is 12.7. The molecule has 0 saturated carbocycles. The summed E-state index contributed by atoms with van der Waals surface area (Å²) in [7, 11) is 3.30. The van der Waals surface area contributed by atoms with Crippen LogP contribution in [0.25, 0.3) is 34.2 Å². The van der Waals surface area contributed by atoms with Gasteiger partial charge in [-0.3, -0.25) is 9.13 Å². The van der Waals surface area contributed by atoms with Crippen LogP contribution in [0.1, 0.15) is 61.8 Å². The molecule has 0 spiro atoms. The monoisotopic (exact) mass is 738 g/mol. The van der Waals surface area contributed by atoms with Crippen molar-refractivity contribution in [3.8, 4) is 57.1 Å². The standard InChI is InChI=1S/C21H25N3OS.C19H21N3O3S/c1-13(2)18-12-19(15(4)11-14(18)3)20-22-23-21(26-6)24(20)16-7-9-17(25-5)10-8-16;1-11(2)14-9-15(17(24)10-16(14)23)18-20-21-19(26-4)22(18)12-5-7-13(25-3)8-6-12/h7-13H,1-6H3;5-11,23-24H,1-4H3. The predicted octanol–water partition coefficient (Wildman–Crippen LogP) is 9.60. The molecule has 0 saturated heterocycles. The third kappa shape index (κ3) is 7.93. The number of rotatable bonds is 10. The maximum atomic E-state index is 10.4. The van der Waals surface area contributed by atoms with E-state index in [1.54, 1.807) is 32.0 Å². The lowest BCUT2D eigenvalue weighted by Crippen LogP contribution is -2.02. The van der Waals surface area contributed by atoms with E-state index in [0.29, 0.717) is 22.5 Å². The molecule has 0 atom stereocenters. The van der Waals surface area contributed by atoms with E-state index in [-0.39, 0.29) is 17.4 Å². The lowest BCUT2D eigenvalue weighted by Gasteiger charge is -2.16. The minimum absolute atomic E-state index is 0.0401. The lowest BCUT2D eigenvalue weighted by atomic mass is 9.93. The molecule has 272 valence electrons. The number of ether oxygens (including phenoxy) is 2. The van der Waals surface area contributed by atoms with E-state index in [9.17, 15) is 10.2 Å². The average molecular weight is 739 g/mol. The molecule has 2 heterocycles. The van der Waals surface area contributed by atoms with Crippen LogP contribution in [0.15, 0.2) is 83.1 Å². The van der Waals surface area contributed by atoms with Crippen LogP contribution in [0.2, 0.25) is 0 Å². The molecule has 52 heavy (non-hydrogen) atoms. The summed E-state index contributed by atoms with van der Waals surface area (Å²) in [6, 6.07) is 23.2. The Bertz CT molecular complexity index is 1990. The van der Waals surface area contributed by atoms with Crippen LogP contribution in [0, 0.1) is 13.8 Å². The second kappa shape index (κ2) is 16.6. The Morgan fingerprint density at radius 1 is 0.558 bits per heavy atom. The van der Waals surface area contributed by atoms with Crippen molar-refractivity contribution in [2.24, 2.45) is 0 Å². The highest BCUT2D eigenvalue weighted by Gasteiger charge is 2.22. The van der Waals surface area contributed by atoms with E-state index in [2.05, 4.69) is 64.8 Å². The third-order valence-electron chi connectivity index (χ3n) is 8.78. The van der Waals surface area contributed by atoms with Crippen LogP contribution in [-0.2, 0) is 0 Å². The maximum absolute atomic E-state index is 10.4. The summed E-state index contributed by atoms with van der Waals surface area (Å²) in [5, 5.41) is 39.6. The van der Waals surface area contributed by atoms with Crippen LogP contribution < -0.4 is 9.47 Å². The zero-order valence-corrected chi connectivity index (χ0v) is 32.9. The van der Waals surface area contributed by atoms with Crippen LogP contribution in [0.3, 0.4) is 0 Å². The molecule has 0 aliphatic heterocycles. The average Bonchev–Trinajstić information content (AvgIpc) is 3.76. The number of hydrogen-bond acceptors (Lipinski definition) is 10. The van der Waals surface area contributed by atoms with Crippen molar-refractivity contribution >= 4 is 23.5 Å². The fraction of sp³-hybridized carbons (Fsp3) is 0.300. The molecule has 6 rings (SSSR count). The van der Waals surface area contributed by atoms with Gasteiger partial charge in [0.2, 0.25) is 0 Å². The van der Waals surface area contributed by atoms with Gasteiger partial charge in [-0.25, -0.2) is 0 Å². The SMILES string of the molecule is COc1ccc(-n2c(SC)nnc2-c2cc(C(C)C)c(C)cc2C)cc1.COc1ccc(-n2c(SC)nnc2-c2cc(C(C)C)c(O)cc2O)cc1. The molecule has 2 N–H and O–H groups in total. The molecule has 0 amide bonds. The fourth-order valence-corrected chi connectivity index (χ4v) is 7.04. The Morgan fingerprint density at radius 2 is 1.00 bits per heavy atom. The van der Waals surface area contributed by atoms with Gasteiger partial charge in [0.15, 0.2) is 22.0 Å². The Labute approximate surface area is 314 Å². The van der Waals surface area contributed by atoms with Crippen LogP contribution in [0.5, 0.6) is 23.0 Å². The van der Waals surface area contributed by atoms with E-state index in [1.165, 1.54) is 34.5 Å². The van der Waals surface area contributed by atoms with Gasteiger partial charge >= 0.3 is 0 Å². The minimum atomic E-state index is -0.0401. The van der Waals surface area contributed by atoms with Gasteiger partial charge in [-0.1, -0.05) is 57.3 Å². The van der Waals surface area contributed by atoms with Crippen LogP contribution >= 0.6 is 23.5 Å². The van der Waals surface area contributed by atoms with Crippen molar-refractivity contribution in [1.29, 1.82) is 0 Å². The van der Waals surface area contributed by atoms with E-state index >= 15 is 0 Å². The molecule has 0 bridgehead atoms. The van der Waals surface area contributed by atoms with Gasteiger partial charge in [-0.15, -0.1) is 20.4 Å². The highest BCUT2D eigenvalue weighted by Crippen LogP contribution is 2.39. The Morgan fingerprint density at radius 3 is 1.42 bits per heavy atom. The number of aryl methyl sites for hydroxylation is 2. The zero-order chi connectivity index (χ0) is 37.7. The number of benzene rings is 4. The number of nitrogens with zero attached hydrogens (tertiary/aromatic N) is 6. The molecule has 4 aromatic carbocycles. The van der Waals surface area contributed by atoms with Gasteiger partial charge in [0.1, 0.15) is 23.0 Å². The second-order valence-corrected chi connectivity index (χ2v) is 14.4. The second-order valence-electron chi connectivity index (χ2n) is 12.8. The highest BCUT2D eigenvalue weighted by molar-refractivity contribution is 7.98. The highest BCUT2D eigenvalue weighted by atomic mass is 32.2.